The molecular formula is C16H29NO3. The second-order valence-electron chi connectivity index (χ2n) is 6.41. The van der Waals surface area contributed by atoms with Crippen LogP contribution in [-0.4, -0.2) is 22.5 Å². The lowest BCUT2D eigenvalue weighted by atomic mass is 9.73. The number of amides is 1. The Morgan fingerprint density at radius 1 is 1.30 bits per heavy atom. The molecule has 0 aromatic heterocycles. The maximum absolute atomic E-state index is 12.4. The van der Waals surface area contributed by atoms with Crippen molar-refractivity contribution in [1.82, 2.24) is 5.32 Å². The third-order valence-corrected chi connectivity index (χ3v) is 5.08. The van der Waals surface area contributed by atoms with E-state index in [1.54, 1.807) is 0 Å². The molecule has 0 spiro atoms. The fourth-order valence-electron chi connectivity index (χ4n) is 3.48. The number of hydrogen-bond donors (Lipinski definition) is 2. The quantitative estimate of drug-likeness (QED) is 0.786. The summed E-state index contributed by atoms with van der Waals surface area (Å²) in [5.74, 6) is -0.935. The molecule has 0 aromatic carbocycles. The molecule has 1 fully saturated rings. The van der Waals surface area contributed by atoms with Crippen LogP contribution >= 0.6 is 0 Å². The van der Waals surface area contributed by atoms with E-state index in [0.717, 1.165) is 32.1 Å². The van der Waals surface area contributed by atoms with Crippen LogP contribution in [0.15, 0.2) is 0 Å². The Balaban J connectivity index is 2.77. The van der Waals surface area contributed by atoms with Crippen LogP contribution in [0.3, 0.4) is 0 Å². The predicted molar refractivity (Wildman–Crippen MR) is 79.4 cm³/mol. The van der Waals surface area contributed by atoms with E-state index in [-0.39, 0.29) is 11.8 Å². The first kappa shape index (κ1) is 17.0. The molecule has 0 saturated heterocycles. The van der Waals surface area contributed by atoms with Crippen molar-refractivity contribution in [2.45, 2.75) is 71.8 Å². The second-order valence-corrected chi connectivity index (χ2v) is 6.41. The maximum Gasteiger partial charge on any atom is 0.308 e. The van der Waals surface area contributed by atoms with Gasteiger partial charge in [0.2, 0.25) is 5.91 Å². The summed E-state index contributed by atoms with van der Waals surface area (Å²) < 4.78 is 0. The van der Waals surface area contributed by atoms with Gasteiger partial charge >= 0.3 is 5.97 Å². The monoisotopic (exact) mass is 283 g/mol. The Morgan fingerprint density at radius 3 is 2.40 bits per heavy atom. The summed E-state index contributed by atoms with van der Waals surface area (Å²) in [5.41, 5.74) is -0.596. The van der Waals surface area contributed by atoms with Gasteiger partial charge in [0, 0.05) is 5.92 Å². The van der Waals surface area contributed by atoms with E-state index in [0.29, 0.717) is 12.3 Å². The summed E-state index contributed by atoms with van der Waals surface area (Å²) in [6.45, 7) is 8.04. The van der Waals surface area contributed by atoms with Crippen molar-refractivity contribution in [3.8, 4) is 0 Å². The molecule has 3 unspecified atom stereocenters. The highest BCUT2D eigenvalue weighted by atomic mass is 16.4. The van der Waals surface area contributed by atoms with Gasteiger partial charge in [0.05, 0.1) is 11.5 Å². The second kappa shape index (κ2) is 7.09. The highest BCUT2D eigenvalue weighted by Crippen LogP contribution is 2.34. The van der Waals surface area contributed by atoms with E-state index in [2.05, 4.69) is 19.2 Å². The zero-order chi connectivity index (χ0) is 15.3. The first-order chi connectivity index (χ1) is 9.35. The zero-order valence-electron chi connectivity index (χ0n) is 13.2. The fourth-order valence-corrected chi connectivity index (χ4v) is 3.48. The van der Waals surface area contributed by atoms with Gasteiger partial charge in [0.25, 0.3) is 0 Å². The minimum atomic E-state index is -0.789. The van der Waals surface area contributed by atoms with Gasteiger partial charge in [0.1, 0.15) is 0 Å². The highest BCUT2D eigenvalue weighted by Gasteiger charge is 2.43. The van der Waals surface area contributed by atoms with Crippen LogP contribution in [0, 0.1) is 17.8 Å². The van der Waals surface area contributed by atoms with Gasteiger partial charge < -0.3 is 10.4 Å². The van der Waals surface area contributed by atoms with Gasteiger partial charge in [-0.1, -0.05) is 46.5 Å². The number of carbonyl (C=O) groups excluding carboxylic acids is 1. The van der Waals surface area contributed by atoms with Crippen LogP contribution in [0.2, 0.25) is 0 Å². The molecule has 4 nitrogen and oxygen atoms in total. The average molecular weight is 283 g/mol. The number of hydrogen-bond acceptors (Lipinski definition) is 2. The summed E-state index contributed by atoms with van der Waals surface area (Å²) in [6.07, 6.45) is 5.29. The van der Waals surface area contributed by atoms with E-state index < -0.39 is 17.4 Å². The SMILES string of the molecule is CCC(CC)C(C)C(=O)NC1(C)CCCCC1C(=O)O. The minimum Gasteiger partial charge on any atom is -0.481 e. The molecule has 0 aromatic rings. The Bertz CT molecular complexity index is 352. The summed E-state index contributed by atoms with van der Waals surface area (Å²) in [5, 5.41) is 12.4. The molecule has 4 heteroatoms. The molecule has 1 amide bonds. The molecule has 2 N–H and O–H groups in total. The van der Waals surface area contributed by atoms with Gasteiger partial charge in [-0.25, -0.2) is 0 Å². The zero-order valence-corrected chi connectivity index (χ0v) is 13.2. The number of aliphatic carboxylic acids is 1. The Kier molecular flexibility index (Phi) is 6.03. The molecular weight excluding hydrogens is 254 g/mol. The van der Waals surface area contributed by atoms with Crippen molar-refractivity contribution in [2.75, 3.05) is 0 Å². The molecule has 20 heavy (non-hydrogen) atoms. The molecule has 1 rings (SSSR count). The smallest absolute Gasteiger partial charge is 0.308 e. The van der Waals surface area contributed by atoms with Gasteiger partial charge in [-0.2, -0.15) is 0 Å². The van der Waals surface area contributed by atoms with E-state index >= 15 is 0 Å². The van der Waals surface area contributed by atoms with Crippen molar-refractivity contribution in [2.24, 2.45) is 17.8 Å². The first-order valence-corrected chi connectivity index (χ1v) is 7.90. The largest absolute Gasteiger partial charge is 0.481 e. The fraction of sp³-hybridized carbons (Fsp3) is 0.875. The Hall–Kier alpha value is -1.06. The van der Waals surface area contributed by atoms with Crippen LogP contribution in [0.1, 0.15) is 66.2 Å². The van der Waals surface area contributed by atoms with Gasteiger partial charge in [-0.15, -0.1) is 0 Å². The van der Waals surface area contributed by atoms with Crippen LogP contribution in [0.25, 0.3) is 0 Å². The summed E-state index contributed by atoms with van der Waals surface area (Å²) >= 11 is 0. The number of rotatable bonds is 6. The topological polar surface area (TPSA) is 66.4 Å². The molecule has 3 atom stereocenters. The number of nitrogens with one attached hydrogen (secondary N) is 1. The number of carboxylic acids is 1. The lowest BCUT2D eigenvalue weighted by molar-refractivity contribution is -0.147. The average Bonchev–Trinajstić information content (AvgIpc) is 2.39. The van der Waals surface area contributed by atoms with Crippen LogP contribution in [-0.2, 0) is 9.59 Å². The summed E-state index contributed by atoms with van der Waals surface area (Å²) in [6, 6.07) is 0. The normalized spacial score (nSPS) is 28.1. The van der Waals surface area contributed by atoms with Crippen molar-refractivity contribution >= 4 is 11.9 Å². The van der Waals surface area contributed by atoms with Gasteiger partial charge in [0.15, 0.2) is 0 Å². The first-order valence-electron chi connectivity index (χ1n) is 7.90. The standard InChI is InChI=1S/C16H29NO3/c1-5-12(6-2)11(3)14(18)17-16(4)10-8-7-9-13(16)15(19)20/h11-13H,5-10H2,1-4H3,(H,17,18)(H,19,20). The Labute approximate surface area is 122 Å². The van der Waals surface area contributed by atoms with E-state index in [4.69, 9.17) is 0 Å². The molecule has 0 bridgehead atoms. The van der Waals surface area contributed by atoms with Gasteiger partial charge in [-0.3, -0.25) is 9.59 Å². The van der Waals surface area contributed by atoms with Crippen LogP contribution in [0.4, 0.5) is 0 Å². The van der Waals surface area contributed by atoms with Gasteiger partial charge in [-0.05, 0) is 25.7 Å². The minimum absolute atomic E-state index is 0.00866. The molecule has 1 aliphatic carbocycles. The molecule has 0 radical (unpaired) electrons. The molecule has 116 valence electrons. The third-order valence-electron chi connectivity index (χ3n) is 5.08. The maximum atomic E-state index is 12.4. The van der Waals surface area contributed by atoms with Crippen molar-refractivity contribution in [1.29, 1.82) is 0 Å². The summed E-state index contributed by atoms with van der Waals surface area (Å²) in [4.78, 5) is 23.9. The molecule has 0 heterocycles. The lowest BCUT2D eigenvalue weighted by Crippen LogP contribution is -2.57. The number of carbonyl (C=O) groups is 2. The van der Waals surface area contributed by atoms with Crippen LogP contribution < -0.4 is 5.32 Å². The van der Waals surface area contributed by atoms with E-state index in [9.17, 15) is 14.7 Å². The van der Waals surface area contributed by atoms with Crippen LogP contribution in [0.5, 0.6) is 0 Å². The highest BCUT2D eigenvalue weighted by molar-refractivity contribution is 5.81. The van der Waals surface area contributed by atoms with Crippen molar-refractivity contribution in [3.63, 3.8) is 0 Å². The molecule has 1 aliphatic rings. The number of carboxylic acid groups (broad SMARTS) is 1. The molecule has 0 aliphatic heterocycles. The van der Waals surface area contributed by atoms with E-state index in [1.807, 2.05) is 13.8 Å². The molecule has 1 saturated carbocycles. The predicted octanol–water partition coefficient (Wildman–Crippen LogP) is 3.21. The Morgan fingerprint density at radius 2 is 1.90 bits per heavy atom. The third kappa shape index (κ3) is 3.74. The van der Waals surface area contributed by atoms with Crippen molar-refractivity contribution < 1.29 is 14.7 Å². The van der Waals surface area contributed by atoms with E-state index in [1.165, 1.54) is 0 Å². The van der Waals surface area contributed by atoms with Crippen molar-refractivity contribution in [3.05, 3.63) is 0 Å². The lowest BCUT2D eigenvalue weighted by Gasteiger charge is -2.41. The summed E-state index contributed by atoms with van der Waals surface area (Å²) in [7, 11) is 0.